The van der Waals surface area contributed by atoms with Crippen LogP contribution >= 0.6 is 0 Å². The summed E-state index contributed by atoms with van der Waals surface area (Å²) in [5, 5.41) is 0. The van der Waals surface area contributed by atoms with Crippen LogP contribution in [-0.4, -0.2) is 6.04 Å². The average Bonchev–Trinajstić information content (AvgIpc) is 2.99. The molecular weight excluding hydrogens is 182 g/mol. The van der Waals surface area contributed by atoms with E-state index in [2.05, 4.69) is 44.2 Å². The van der Waals surface area contributed by atoms with Crippen molar-refractivity contribution in [3.8, 4) is 0 Å². The summed E-state index contributed by atoms with van der Waals surface area (Å²) in [4.78, 5) is 0. The van der Waals surface area contributed by atoms with E-state index in [-0.39, 0.29) is 6.04 Å². The lowest BCUT2D eigenvalue weighted by molar-refractivity contribution is 0.496. The summed E-state index contributed by atoms with van der Waals surface area (Å²) in [6.07, 6.45) is 4.77. The van der Waals surface area contributed by atoms with Gasteiger partial charge in [0.25, 0.3) is 0 Å². The topological polar surface area (TPSA) is 26.0 Å². The SMILES string of the molecule is C/C(=C\c1ccccc1)C1(C(C)N)CC1. The maximum absolute atomic E-state index is 6.05. The summed E-state index contributed by atoms with van der Waals surface area (Å²) >= 11 is 0. The lowest BCUT2D eigenvalue weighted by Gasteiger charge is -2.20. The van der Waals surface area contributed by atoms with Crippen LogP contribution in [0, 0.1) is 5.41 Å². The fourth-order valence-corrected chi connectivity index (χ4v) is 2.29. The van der Waals surface area contributed by atoms with Crippen molar-refractivity contribution in [1.82, 2.24) is 0 Å². The Kier molecular flexibility index (Phi) is 2.66. The molecule has 1 aliphatic rings. The van der Waals surface area contributed by atoms with Gasteiger partial charge in [0.1, 0.15) is 0 Å². The van der Waals surface area contributed by atoms with Gasteiger partial charge in [-0.1, -0.05) is 42.0 Å². The van der Waals surface area contributed by atoms with Gasteiger partial charge in [0, 0.05) is 11.5 Å². The quantitative estimate of drug-likeness (QED) is 0.798. The van der Waals surface area contributed by atoms with E-state index >= 15 is 0 Å². The van der Waals surface area contributed by atoms with Gasteiger partial charge in [0.15, 0.2) is 0 Å². The number of benzene rings is 1. The van der Waals surface area contributed by atoms with Gasteiger partial charge in [-0.25, -0.2) is 0 Å². The van der Waals surface area contributed by atoms with Crippen LogP contribution in [0.1, 0.15) is 32.3 Å². The van der Waals surface area contributed by atoms with Gasteiger partial charge < -0.3 is 5.73 Å². The van der Waals surface area contributed by atoms with Gasteiger partial charge in [-0.15, -0.1) is 0 Å². The summed E-state index contributed by atoms with van der Waals surface area (Å²) in [6, 6.07) is 10.7. The molecule has 1 fully saturated rings. The average molecular weight is 201 g/mol. The number of hydrogen-bond donors (Lipinski definition) is 1. The van der Waals surface area contributed by atoms with E-state index in [1.54, 1.807) is 0 Å². The molecule has 0 spiro atoms. The smallest absolute Gasteiger partial charge is 0.0104 e. The summed E-state index contributed by atoms with van der Waals surface area (Å²) in [7, 11) is 0. The van der Waals surface area contributed by atoms with Crippen molar-refractivity contribution >= 4 is 6.08 Å². The first-order valence-corrected chi connectivity index (χ1v) is 5.64. The third kappa shape index (κ3) is 1.98. The zero-order valence-electron chi connectivity index (χ0n) is 9.53. The van der Waals surface area contributed by atoms with Gasteiger partial charge in [0.2, 0.25) is 0 Å². The van der Waals surface area contributed by atoms with E-state index in [0.717, 1.165) is 0 Å². The van der Waals surface area contributed by atoms with Crippen molar-refractivity contribution in [2.75, 3.05) is 0 Å². The highest BCUT2D eigenvalue weighted by atomic mass is 14.7. The van der Waals surface area contributed by atoms with Crippen molar-refractivity contribution in [2.24, 2.45) is 11.1 Å². The van der Waals surface area contributed by atoms with Crippen LogP contribution in [0.2, 0.25) is 0 Å². The van der Waals surface area contributed by atoms with Crippen LogP contribution in [0.3, 0.4) is 0 Å². The maximum Gasteiger partial charge on any atom is 0.0104 e. The second kappa shape index (κ2) is 3.82. The Morgan fingerprint density at radius 2 is 1.93 bits per heavy atom. The minimum Gasteiger partial charge on any atom is -0.327 e. The number of hydrogen-bond acceptors (Lipinski definition) is 1. The Morgan fingerprint density at radius 3 is 2.40 bits per heavy atom. The molecular formula is C14H19N. The highest BCUT2D eigenvalue weighted by Crippen LogP contribution is 2.54. The predicted molar refractivity (Wildman–Crippen MR) is 65.4 cm³/mol. The molecule has 1 saturated carbocycles. The van der Waals surface area contributed by atoms with Crippen LogP contribution in [0.4, 0.5) is 0 Å². The van der Waals surface area contributed by atoms with E-state index in [1.165, 1.54) is 24.0 Å². The third-order valence-corrected chi connectivity index (χ3v) is 3.63. The number of rotatable bonds is 3. The Balaban J connectivity index is 2.22. The van der Waals surface area contributed by atoms with Crippen LogP contribution in [-0.2, 0) is 0 Å². The Labute approximate surface area is 92.0 Å². The van der Waals surface area contributed by atoms with E-state index in [9.17, 15) is 0 Å². The van der Waals surface area contributed by atoms with Crippen molar-refractivity contribution in [1.29, 1.82) is 0 Å². The highest BCUT2D eigenvalue weighted by molar-refractivity contribution is 5.55. The molecule has 0 aliphatic heterocycles. The first kappa shape index (κ1) is 10.4. The minimum atomic E-state index is 0.275. The van der Waals surface area contributed by atoms with E-state index in [1.807, 2.05) is 6.07 Å². The molecule has 1 aromatic carbocycles. The minimum absolute atomic E-state index is 0.275. The Hall–Kier alpha value is -1.08. The van der Waals surface area contributed by atoms with Crippen molar-refractivity contribution < 1.29 is 0 Å². The summed E-state index contributed by atoms with van der Waals surface area (Å²) < 4.78 is 0. The molecule has 1 nitrogen and oxygen atoms in total. The molecule has 1 aromatic rings. The molecule has 0 heterocycles. The largest absolute Gasteiger partial charge is 0.327 e. The van der Waals surface area contributed by atoms with Crippen molar-refractivity contribution in [3.63, 3.8) is 0 Å². The zero-order valence-corrected chi connectivity index (χ0v) is 9.53. The van der Waals surface area contributed by atoms with E-state index in [0.29, 0.717) is 5.41 Å². The molecule has 2 N–H and O–H groups in total. The predicted octanol–water partition coefficient (Wildman–Crippen LogP) is 3.22. The lowest BCUT2D eigenvalue weighted by Crippen LogP contribution is -2.28. The lowest BCUT2D eigenvalue weighted by atomic mass is 9.89. The normalized spacial score (nSPS) is 21.1. The van der Waals surface area contributed by atoms with E-state index in [4.69, 9.17) is 5.73 Å². The van der Waals surface area contributed by atoms with Crippen LogP contribution < -0.4 is 5.73 Å². The second-order valence-corrected chi connectivity index (χ2v) is 4.68. The van der Waals surface area contributed by atoms with Gasteiger partial charge >= 0.3 is 0 Å². The molecule has 1 unspecified atom stereocenters. The van der Waals surface area contributed by atoms with E-state index < -0.39 is 0 Å². The summed E-state index contributed by atoms with van der Waals surface area (Å²) in [6.45, 7) is 4.33. The standard InChI is InChI=1S/C14H19N/c1-11(14(8-9-14)12(2)15)10-13-6-4-3-5-7-13/h3-7,10,12H,8-9,15H2,1-2H3/b11-10+. The molecule has 0 amide bonds. The van der Waals surface area contributed by atoms with Crippen LogP contribution in [0.5, 0.6) is 0 Å². The van der Waals surface area contributed by atoms with Gasteiger partial charge in [0.05, 0.1) is 0 Å². The van der Waals surface area contributed by atoms with Gasteiger partial charge in [-0.05, 0) is 32.3 Å². The van der Waals surface area contributed by atoms with Gasteiger partial charge in [-0.3, -0.25) is 0 Å². The highest BCUT2D eigenvalue weighted by Gasteiger charge is 2.47. The molecule has 0 radical (unpaired) electrons. The van der Waals surface area contributed by atoms with Crippen molar-refractivity contribution in [3.05, 3.63) is 41.5 Å². The molecule has 1 heteroatoms. The van der Waals surface area contributed by atoms with Crippen LogP contribution in [0.15, 0.2) is 35.9 Å². The Bertz CT molecular complexity index is 358. The summed E-state index contributed by atoms with van der Waals surface area (Å²) in [5.74, 6) is 0. The number of nitrogens with two attached hydrogens (primary N) is 1. The third-order valence-electron chi connectivity index (χ3n) is 3.63. The molecule has 1 atom stereocenters. The Morgan fingerprint density at radius 1 is 1.33 bits per heavy atom. The maximum atomic E-state index is 6.05. The zero-order chi connectivity index (χ0) is 10.9. The first-order chi connectivity index (χ1) is 7.15. The monoisotopic (exact) mass is 201 g/mol. The van der Waals surface area contributed by atoms with Crippen molar-refractivity contribution in [2.45, 2.75) is 32.7 Å². The second-order valence-electron chi connectivity index (χ2n) is 4.68. The first-order valence-electron chi connectivity index (χ1n) is 5.64. The molecule has 0 aromatic heterocycles. The fraction of sp³-hybridized carbons (Fsp3) is 0.429. The summed E-state index contributed by atoms with van der Waals surface area (Å²) in [5.41, 5.74) is 9.06. The van der Waals surface area contributed by atoms with Crippen LogP contribution in [0.25, 0.3) is 6.08 Å². The molecule has 0 saturated heterocycles. The molecule has 2 rings (SSSR count). The molecule has 0 bridgehead atoms. The fourth-order valence-electron chi connectivity index (χ4n) is 2.29. The molecule has 1 aliphatic carbocycles. The van der Waals surface area contributed by atoms with Gasteiger partial charge in [-0.2, -0.15) is 0 Å². The molecule has 15 heavy (non-hydrogen) atoms. The molecule has 80 valence electrons.